The molecule has 2 rings (SSSR count). The van der Waals surface area contributed by atoms with Crippen molar-refractivity contribution in [2.24, 2.45) is 0 Å². The largest absolute Gasteiger partial charge is 0.480 e. The van der Waals surface area contributed by atoms with Crippen molar-refractivity contribution in [3.63, 3.8) is 0 Å². The molecule has 22 heavy (non-hydrogen) atoms. The standard InChI is InChI=1S/C15H18ClNO3S2/c1-10(22-12-4-2-11(16)3-5-12)13(18)17-15(14(19)20)6-8-21-9-7-15/h2-5,10H,6-9H2,1H3,(H,17,18)(H,19,20). The van der Waals surface area contributed by atoms with E-state index in [0.29, 0.717) is 17.9 Å². The number of amides is 1. The van der Waals surface area contributed by atoms with Crippen molar-refractivity contribution in [3.05, 3.63) is 29.3 Å². The molecule has 0 aromatic heterocycles. The maximum absolute atomic E-state index is 12.4. The first-order valence-corrected chi connectivity index (χ1v) is 9.39. The molecular weight excluding hydrogens is 342 g/mol. The zero-order valence-corrected chi connectivity index (χ0v) is 14.6. The van der Waals surface area contributed by atoms with Gasteiger partial charge in [0.25, 0.3) is 0 Å². The van der Waals surface area contributed by atoms with Gasteiger partial charge in [-0.3, -0.25) is 4.79 Å². The molecule has 0 saturated carbocycles. The maximum atomic E-state index is 12.4. The van der Waals surface area contributed by atoms with Gasteiger partial charge in [-0.2, -0.15) is 11.8 Å². The number of carbonyl (C=O) groups is 2. The van der Waals surface area contributed by atoms with Crippen molar-refractivity contribution in [2.45, 2.75) is 35.4 Å². The molecule has 1 saturated heterocycles. The summed E-state index contributed by atoms with van der Waals surface area (Å²) in [7, 11) is 0. The number of aliphatic carboxylic acids is 1. The molecule has 0 spiro atoms. The summed E-state index contributed by atoms with van der Waals surface area (Å²) in [5.41, 5.74) is -1.11. The van der Waals surface area contributed by atoms with Gasteiger partial charge in [0.15, 0.2) is 0 Å². The zero-order chi connectivity index (χ0) is 16.2. The third kappa shape index (κ3) is 4.33. The fourth-order valence-electron chi connectivity index (χ4n) is 2.22. The molecule has 1 heterocycles. The average molecular weight is 360 g/mol. The van der Waals surface area contributed by atoms with Crippen LogP contribution in [-0.4, -0.2) is 39.3 Å². The molecule has 1 amide bonds. The lowest BCUT2D eigenvalue weighted by molar-refractivity contribution is -0.148. The lowest BCUT2D eigenvalue weighted by Crippen LogP contribution is -2.58. The number of carboxylic acids is 1. The van der Waals surface area contributed by atoms with Gasteiger partial charge in [-0.25, -0.2) is 4.79 Å². The van der Waals surface area contributed by atoms with Crippen molar-refractivity contribution in [2.75, 3.05) is 11.5 Å². The lowest BCUT2D eigenvalue weighted by Gasteiger charge is -2.34. The molecule has 0 aliphatic carbocycles. The van der Waals surface area contributed by atoms with Crippen LogP contribution in [0.5, 0.6) is 0 Å². The summed E-state index contributed by atoms with van der Waals surface area (Å²) in [4.78, 5) is 24.9. The molecule has 2 N–H and O–H groups in total. The quantitative estimate of drug-likeness (QED) is 0.790. The van der Waals surface area contributed by atoms with E-state index in [9.17, 15) is 14.7 Å². The molecular formula is C15H18ClNO3S2. The number of rotatable bonds is 5. The van der Waals surface area contributed by atoms with Crippen molar-refractivity contribution in [3.8, 4) is 0 Å². The van der Waals surface area contributed by atoms with E-state index in [1.165, 1.54) is 11.8 Å². The molecule has 1 atom stereocenters. The Kier molecular flexibility index (Phi) is 6.06. The van der Waals surface area contributed by atoms with Gasteiger partial charge in [0, 0.05) is 9.92 Å². The number of carboxylic acid groups (broad SMARTS) is 1. The summed E-state index contributed by atoms with van der Waals surface area (Å²) in [6, 6.07) is 7.24. The summed E-state index contributed by atoms with van der Waals surface area (Å²) in [5.74, 6) is 0.329. The van der Waals surface area contributed by atoms with Crippen molar-refractivity contribution in [1.82, 2.24) is 5.32 Å². The topological polar surface area (TPSA) is 66.4 Å². The average Bonchev–Trinajstić information content (AvgIpc) is 2.50. The monoisotopic (exact) mass is 359 g/mol. The number of hydrogen-bond acceptors (Lipinski definition) is 4. The highest BCUT2D eigenvalue weighted by Gasteiger charge is 2.41. The van der Waals surface area contributed by atoms with Crippen LogP contribution in [0.2, 0.25) is 5.02 Å². The van der Waals surface area contributed by atoms with Gasteiger partial charge in [0.1, 0.15) is 5.54 Å². The van der Waals surface area contributed by atoms with E-state index in [1.54, 1.807) is 30.8 Å². The molecule has 120 valence electrons. The molecule has 1 aliphatic heterocycles. The molecule has 1 fully saturated rings. The van der Waals surface area contributed by atoms with E-state index in [0.717, 1.165) is 16.4 Å². The normalized spacial score (nSPS) is 18.5. The van der Waals surface area contributed by atoms with Gasteiger partial charge in [-0.1, -0.05) is 11.6 Å². The van der Waals surface area contributed by atoms with Crippen molar-refractivity contribution < 1.29 is 14.7 Å². The number of halogens is 1. The van der Waals surface area contributed by atoms with Crippen LogP contribution in [0.1, 0.15) is 19.8 Å². The van der Waals surface area contributed by atoms with Crippen LogP contribution in [-0.2, 0) is 9.59 Å². The molecule has 1 aromatic carbocycles. The fourth-order valence-corrected chi connectivity index (χ4v) is 4.40. The van der Waals surface area contributed by atoms with E-state index >= 15 is 0 Å². The van der Waals surface area contributed by atoms with E-state index in [2.05, 4.69) is 5.32 Å². The van der Waals surface area contributed by atoms with Gasteiger partial charge in [-0.05, 0) is 55.5 Å². The highest BCUT2D eigenvalue weighted by molar-refractivity contribution is 8.00. The highest BCUT2D eigenvalue weighted by atomic mass is 35.5. The first-order valence-electron chi connectivity index (χ1n) is 6.98. The van der Waals surface area contributed by atoms with Gasteiger partial charge in [-0.15, -0.1) is 11.8 Å². The van der Waals surface area contributed by atoms with Crippen LogP contribution in [0, 0.1) is 0 Å². The Balaban J connectivity index is 2.00. The Bertz CT molecular complexity index is 544. The first kappa shape index (κ1) is 17.5. The van der Waals surface area contributed by atoms with Gasteiger partial charge < -0.3 is 10.4 Å². The predicted molar refractivity (Wildman–Crippen MR) is 91.8 cm³/mol. The SMILES string of the molecule is CC(Sc1ccc(Cl)cc1)C(=O)NC1(C(=O)O)CCSCC1. The van der Waals surface area contributed by atoms with E-state index < -0.39 is 11.5 Å². The first-order chi connectivity index (χ1) is 10.4. The van der Waals surface area contributed by atoms with E-state index in [1.807, 2.05) is 12.1 Å². The molecule has 7 heteroatoms. The third-order valence-corrected chi connectivity index (χ3v) is 5.96. The Hall–Kier alpha value is -0.850. The van der Waals surface area contributed by atoms with Crippen LogP contribution in [0.4, 0.5) is 0 Å². The van der Waals surface area contributed by atoms with Gasteiger partial charge in [0.05, 0.1) is 5.25 Å². The second-order valence-electron chi connectivity index (χ2n) is 5.20. The smallest absolute Gasteiger partial charge is 0.329 e. The van der Waals surface area contributed by atoms with Crippen molar-refractivity contribution >= 4 is 47.0 Å². The van der Waals surface area contributed by atoms with Gasteiger partial charge in [0.2, 0.25) is 5.91 Å². The van der Waals surface area contributed by atoms with Crippen LogP contribution in [0.3, 0.4) is 0 Å². The minimum atomic E-state index is -1.11. The maximum Gasteiger partial charge on any atom is 0.329 e. The third-order valence-electron chi connectivity index (χ3n) is 3.61. The molecule has 0 bridgehead atoms. The fraction of sp³-hybridized carbons (Fsp3) is 0.467. The molecule has 0 radical (unpaired) electrons. The summed E-state index contributed by atoms with van der Waals surface area (Å²) in [5, 5.41) is 12.5. The van der Waals surface area contributed by atoms with E-state index in [4.69, 9.17) is 11.6 Å². The number of thioether (sulfide) groups is 2. The van der Waals surface area contributed by atoms with Gasteiger partial charge >= 0.3 is 5.97 Å². The highest BCUT2D eigenvalue weighted by Crippen LogP contribution is 2.29. The molecule has 1 unspecified atom stereocenters. The predicted octanol–water partition coefficient (Wildman–Crippen LogP) is 3.29. The van der Waals surface area contributed by atoms with Crippen molar-refractivity contribution in [1.29, 1.82) is 0 Å². The summed E-state index contributed by atoms with van der Waals surface area (Å²) in [6.45, 7) is 1.78. The lowest BCUT2D eigenvalue weighted by atomic mass is 9.92. The second-order valence-corrected chi connectivity index (χ2v) is 8.28. The van der Waals surface area contributed by atoms with Crippen LogP contribution < -0.4 is 5.32 Å². The molecule has 1 aromatic rings. The number of benzene rings is 1. The molecule has 4 nitrogen and oxygen atoms in total. The Morgan fingerprint density at radius 1 is 1.32 bits per heavy atom. The number of hydrogen-bond donors (Lipinski definition) is 2. The minimum Gasteiger partial charge on any atom is -0.480 e. The molecule has 1 aliphatic rings. The van der Waals surface area contributed by atoms with Crippen LogP contribution >= 0.6 is 35.1 Å². The Labute approximate surface area is 143 Å². The summed E-state index contributed by atoms with van der Waals surface area (Å²) in [6.07, 6.45) is 0.939. The number of nitrogens with one attached hydrogen (secondary N) is 1. The Morgan fingerprint density at radius 3 is 2.45 bits per heavy atom. The zero-order valence-electron chi connectivity index (χ0n) is 12.2. The number of carbonyl (C=O) groups excluding carboxylic acids is 1. The van der Waals surface area contributed by atoms with Crippen LogP contribution in [0.25, 0.3) is 0 Å². The minimum absolute atomic E-state index is 0.241. The van der Waals surface area contributed by atoms with E-state index in [-0.39, 0.29) is 11.2 Å². The Morgan fingerprint density at radius 2 is 1.91 bits per heavy atom. The second kappa shape index (κ2) is 7.62. The van der Waals surface area contributed by atoms with Crippen LogP contribution in [0.15, 0.2) is 29.2 Å². The summed E-state index contributed by atoms with van der Waals surface area (Å²) < 4.78 is 0. The summed E-state index contributed by atoms with van der Waals surface area (Å²) >= 11 is 8.95.